The molecule has 0 aliphatic carbocycles. The molecule has 8 heteroatoms. The number of benzene rings is 1. The first-order valence-electron chi connectivity index (χ1n) is 8.40. The van der Waals surface area contributed by atoms with Gasteiger partial charge in [-0.05, 0) is 60.5 Å². The highest BCUT2D eigenvalue weighted by Gasteiger charge is 2.35. The van der Waals surface area contributed by atoms with Crippen molar-refractivity contribution in [3.63, 3.8) is 0 Å². The lowest BCUT2D eigenvalue weighted by Gasteiger charge is -2.26. The molecule has 1 aromatic carbocycles. The van der Waals surface area contributed by atoms with Crippen LogP contribution in [0.1, 0.15) is 22.2 Å². The molecule has 5 nitrogen and oxygen atoms in total. The van der Waals surface area contributed by atoms with Crippen molar-refractivity contribution in [2.45, 2.75) is 24.3 Å². The Morgan fingerprint density at radius 2 is 1.74 bits per heavy atom. The van der Waals surface area contributed by atoms with Crippen molar-refractivity contribution in [2.75, 3.05) is 13.2 Å². The molecule has 3 rings (SSSR count). The summed E-state index contributed by atoms with van der Waals surface area (Å²) in [6.07, 6.45) is 0. The maximum absolute atomic E-state index is 12.8. The largest absolute Gasteiger partial charge is 0.494 e. The summed E-state index contributed by atoms with van der Waals surface area (Å²) < 4.78 is 33.6. The first kappa shape index (κ1) is 20.0. The van der Waals surface area contributed by atoms with E-state index in [1.165, 1.54) is 28.7 Å². The van der Waals surface area contributed by atoms with Gasteiger partial charge in [0, 0.05) is 16.3 Å². The number of hydrogen-bond donors (Lipinski definition) is 2. The molecule has 0 aliphatic rings. The van der Waals surface area contributed by atoms with Gasteiger partial charge in [-0.2, -0.15) is 0 Å². The zero-order valence-corrected chi connectivity index (χ0v) is 17.5. The summed E-state index contributed by atoms with van der Waals surface area (Å²) >= 11 is 2.78. The highest BCUT2D eigenvalue weighted by atomic mass is 32.2. The van der Waals surface area contributed by atoms with Crippen LogP contribution in [0.5, 0.6) is 5.75 Å². The van der Waals surface area contributed by atoms with Crippen LogP contribution in [0.15, 0.2) is 58.1 Å². The Balaban J connectivity index is 1.86. The zero-order chi connectivity index (χ0) is 19.5. The van der Waals surface area contributed by atoms with E-state index in [9.17, 15) is 13.5 Å². The van der Waals surface area contributed by atoms with Gasteiger partial charge in [-0.1, -0.05) is 12.1 Å². The standard InChI is InChI=1S/C19H21NO4S3/c1-3-24-16-9-8-15(12-14(16)2)27(22,23)20-13-19(21,17-6-4-10-25-17)18-7-5-11-26-18/h4-12,20-21H,3,13H2,1-2H3. The van der Waals surface area contributed by atoms with Gasteiger partial charge in [-0.25, -0.2) is 13.1 Å². The number of ether oxygens (including phenoxy) is 1. The minimum atomic E-state index is -3.79. The predicted molar refractivity (Wildman–Crippen MR) is 109 cm³/mol. The first-order valence-corrected chi connectivity index (χ1v) is 11.6. The van der Waals surface area contributed by atoms with Crippen molar-refractivity contribution in [1.82, 2.24) is 4.72 Å². The van der Waals surface area contributed by atoms with Gasteiger partial charge in [-0.3, -0.25) is 0 Å². The first-order chi connectivity index (χ1) is 12.9. The van der Waals surface area contributed by atoms with Crippen LogP contribution in [-0.4, -0.2) is 26.7 Å². The summed E-state index contributed by atoms with van der Waals surface area (Å²) in [6.45, 7) is 4.04. The highest BCUT2D eigenvalue weighted by molar-refractivity contribution is 7.89. The van der Waals surface area contributed by atoms with Crippen LogP contribution in [0.2, 0.25) is 0 Å². The number of aliphatic hydroxyl groups is 1. The van der Waals surface area contributed by atoms with E-state index in [0.717, 1.165) is 5.56 Å². The van der Waals surface area contributed by atoms with Crippen molar-refractivity contribution in [3.05, 3.63) is 68.5 Å². The van der Waals surface area contributed by atoms with E-state index in [2.05, 4.69) is 4.72 Å². The molecule has 144 valence electrons. The maximum Gasteiger partial charge on any atom is 0.240 e. The van der Waals surface area contributed by atoms with Crippen molar-refractivity contribution in [2.24, 2.45) is 0 Å². The Bertz CT molecular complexity index is 946. The normalized spacial score (nSPS) is 12.3. The van der Waals surface area contributed by atoms with E-state index in [4.69, 9.17) is 4.74 Å². The summed E-state index contributed by atoms with van der Waals surface area (Å²) in [4.78, 5) is 1.52. The monoisotopic (exact) mass is 423 g/mol. The molecule has 0 spiro atoms. The third-order valence-electron chi connectivity index (χ3n) is 4.13. The molecule has 0 atom stereocenters. The predicted octanol–water partition coefficient (Wildman–Crippen LogP) is 3.73. The van der Waals surface area contributed by atoms with Crippen LogP contribution >= 0.6 is 22.7 Å². The van der Waals surface area contributed by atoms with Gasteiger partial charge < -0.3 is 9.84 Å². The highest BCUT2D eigenvalue weighted by Crippen LogP contribution is 2.35. The third-order valence-corrected chi connectivity index (χ3v) is 7.57. The fraction of sp³-hybridized carbons (Fsp3) is 0.263. The molecule has 2 aromatic heterocycles. The van der Waals surface area contributed by atoms with Gasteiger partial charge in [0.05, 0.1) is 11.5 Å². The van der Waals surface area contributed by atoms with Gasteiger partial charge in [0.25, 0.3) is 0 Å². The van der Waals surface area contributed by atoms with Gasteiger partial charge in [0.2, 0.25) is 10.0 Å². The Labute approximate surface area is 167 Å². The Morgan fingerprint density at radius 3 is 2.22 bits per heavy atom. The van der Waals surface area contributed by atoms with Gasteiger partial charge in [-0.15, -0.1) is 22.7 Å². The molecule has 0 unspecified atom stereocenters. The maximum atomic E-state index is 12.8. The number of aryl methyl sites for hydroxylation is 1. The number of sulfonamides is 1. The lowest BCUT2D eigenvalue weighted by Crippen LogP contribution is -2.40. The van der Waals surface area contributed by atoms with Crippen LogP contribution in [0.25, 0.3) is 0 Å². The summed E-state index contributed by atoms with van der Waals surface area (Å²) in [6, 6.07) is 12.0. The second-order valence-corrected chi connectivity index (χ2v) is 9.66. The Hall–Kier alpha value is -1.71. The number of hydrogen-bond acceptors (Lipinski definition) is 6. The second kappa shape index (κ2) is 8.12. The van der Waals surface area contributed by atoms with E-state index >= 15 is 0 Å². The van der Waals surface area contributed by atoms with Crippen molar-refractivity contribution >= 4 is 32.7 Å². The van der Waals surface area contributed by atoms with Crippen LogP contribution in [0.3, 0.4) is 0 Å². The molecule has 3 aromatic rings. The minimum Gasteiger partial charge on any atom is -0.494 e. The molecular formula is C19H21NO4S3. The molecule has 0 bridgehead atoms. The lowest BCUT2D eigenvalue weighted by atomic mass is 10.0. The van der Waals surface area contributed by atoms with Crippen molar-refractivity contribution < 1.29 is 18.3 Å². The molecule has 0 saturated heterocycles. The van der Waals surface area contributed by atoms with E-state index in [1.807, 2.05) is 29.8 Å². The average molecular weight is 424 g/mol. The van der Waals surface area contributed by atoms with E-state index in [-0.39, 0.29) is 11.4 Å². The van der Waals surface area contributed by atoms with E-state index in [1.54, 1.807) is 31.2 Å². The lowest BCUT2D eigenvalue weighted by molar-refractivity contribution is 0.0937. The zero-order valence-electron chi connectivity index (χ0n) is 15.0. The summed E-state index contributed by atoms with van der Waals surface area (Å²) in [5.74, 6) is 0.658. The number of nitrogens with one attached hydrogen (secondary N) is 1. The van der Waals surface area contributed by atoms with Crippen molar-refractivity contribution in [3.8, 4) is 5.75 Å². The molecule has 0 aliphatic heterocycles. The smallest absolute Gasteiger partial charge is 0.240 e. The molecule has 0 fully saturated rings. The molecule has 2 heterocycles. The Morgan fingerprint density at radius 1 is 1.11 bits per heavy atom. The number of thiophene rings is 2. The van der Waals surface area contributed by atoms with Gasteiger partial charge in [0.15, 0.2) is 0 Å². The molecule has 27 heavy (non-hydrogen) atoms. The topological polar surface area (TPSA) is 75.6 Å². The summed E-state index contributed by atoms with van der Waals surface area (Å²) in [5, 5.41) is 15.0. The fourth-order valence-corrected chi connectivity index (χ4v) is 5.60. The van der Waals surface area contributed by atoms with Gasteiger partial charge in [0.1, 0.15) is 11.4 Å². The molecule has 0 radical (unpaired) electrons. The molecule has 2 N–H and O–H groups in total. The molecule has 0 saturated carbocycles. The number of rotatable bonds is 8. The van der Waals surface area contributed by atoms with Crippen LogP contribution in [-0.2, 0) is 15.6 Å². The Kier molecular flexibility index (Phi) is 6.02. The summed E-state index contributed by atoms with van der Waals surface area (Å²) in [5.41, 5.74) is -0.665. The molecule has 0 amide bonds. The SMILES string of the molecule is CCOc1ccc(S(=O)(=O)NCC(O)(c2cccs2)c2cccs2)cc1C. The van der Waals surface area contributed by atoms with Crippen LogP contribution < -0.4 is 9.46 Å². The average Bonchev–Trinajstić information content (AvgIpc) is 3.35. The van der Waals surface area contributed by atoms with Crippen LogP contribution in [0, 0.1) is 6.92 Å². The third kappa shape index (κ3) is 4.25. The van der Waals surface area contributed by atoms with Crippen LogP contribution in [0.4, 0.5) is 0 Å². The van der Waals surface area contributed by atoms with Crippen molar-refractivity contribution in [1.29, 1.82) is 0 Å². The summed E-state index contributed by atoms with van der Waals surface area (Å²) in [7, 11) is -3.79. The minimum absolute atomic E-state index is 0.142. The quantitative estimate of drug-likeness (QED) is 0.579. The van der Waals surface area contributed by atoms with E-state index in [0.29, 0.717) is 22.1 Å². The van der Waals surface area contributed by atoms with E-state index < -0.39 is 15.6 Å². The fourth-order valence-electron chi connectivity index (χ4n) is 2.71. The van der Waals surface area contributed by atoms with Gasteiger partial charge >= 0.3 is 0 Å². The second-order valence-electron chi connectivity index (χ2n) is 6.00. The molecular weight excluding hydrogens is 402 g/mol.